The first-order valence-electron chi connectivity index (χ1n) is 5.31. The van der Waals surface area contributed by atoms with E-state index >= 15 is 0 Å². The fourth-order valence-electron chi connectivity index (χ4n) is 1.80. The van der Waals surface area contributed by atoms with E-state index in [9.17, 15) is 9.59 Å². The van der Waals surface area contributed by atoms with Crippen molar-refractivity contribution in [1.82, 2.24) is 10.2 Å². The van der Waals surface area contributed by atoms with Gasteiger partial charge in [-0.2, -0.15) is 0 Å². The third-order valence-corrected chi connectivity index (χ3v) is 2.78. The third-order valence-electron chi connectivity index (χ3n) is 2.78. The number of hydrogen-bond donors (Lipinski definition) is 1. The van der Waals surface area contributed by atoms with Crippen LogP contribution in [0.2, 0.25) is 0 Å². The molecule has 84 valence electrons. The van der Waals surface area contributed by atoms with E-state index in [-0.39, 0.29) is 0 Å². The Balaban J connectivity index is 2.10. The van der Waals surface area contributed by atoms with E-state index in [1.165, 1.54) is 12.2 Å². The molecule has 1 fully saturated rings. The van der Waals surface area contributed by atoms with Crippen molar-refractivity contribution in [1.29, 1.82) is 0 Å². The molecule has 1 saturated heterocycles. The van der Waals surface area contributed by atoms with Gasteiger partial charge in [0, 0.05) is 37.4 Å². The van der Waals surface area contributed by atoms with Crippen molar-refractivity contribution in [3.05, 3.63) is 36.1 Å². The maximum Gasteiger partial charge on any atom is 0.226 e. The summed E-state index contributed by atoms with van der Waals surface area (Å²) in [6.07, 6.45) is 4.34. The SMILES string of the molecule is C=C(C1=CC(=O)C(=O)C=C1)N1CCNCC1. The molecule has 1 heterocycles. The molecule has 0 aromatic carbocycles. The third kappa shape index (κ3) is 2.12. The Morgan fingerprint density at radius 1 is 1.19 bits per heavy atom. The molecule has 2 rings (SSSR count). The van der Waals surface area contributed by atoms with Crippen LogP contribution in [-0.2, 0) is 9.59 Å². The van der Waals surface area contributed by atoms with Crippen LogP contribution in [0.4, 0.5) is 0 Å². The summed E-state index contributed by atoms with van der Waals surface area (Å²) < 4.78 is 0. The van der Waals surface area contributed by atoms with Gasteiger partial charge in [-0.25, -0.2) is 0 Å². The Bertz CT molecular complexity index is 401. The second-order valence-corrected chi connectivity index (χ2v) is 3.85. The van der Waals surface area contributed by atoms with Gasteiger partial charge in [0.1, 0.15) is 0 Å². The van der Waals surface area contributed by atoms with Crippen molar-refractivity contribution in [3.8, 4) is 0 Å². The number of carbonyl (C=O) groups is 2. The Labute approximate surface area is 94.3 Å². The summed E-state index contributed by atoms with van der Waals surface area (Å²) in [7, 11) is 0. The number of carbonyl (C=O) groups excluding carboxylic acids is 2. The fraction of sp³-hybridized carbons (Fsp3) is 0.333. The number of nitrogens with one attached hydrogen (secondary N) is 1. The predicted molar refractivity (Wildman–Crippen MR) is 60.8 cm³/mol. The molecule has 4 nitrogen and oxygen atoms in total. The lowest BCUT2D eigenvalue weighted by molar-refractivity contribution is -0.131. The lowest BCUT2D eigenvalue weighted by Gasteiger charge is -2.31. The van der Waals surface area contributed by atoms with E-state index in [4.69, 9.17) is 0 Å². The first-order valence-corrected chi connectivity index (χ1v) is 5.31. The van der Waals surface area contributed by atoms with Crippen LogP contribution < -0.4 is 5.32 Å². The molecule has 0 spiro atoms. The van der Waals surface area contributed by atoms with Crippen molar-refractivity contribution in [2.75, 3.05) is 26.2 Å². The largest absolute Gasteiger partial charge is 0.369 e. The zero-order valence-electron chi connectivity index (χ0n) is 9.03. The van der Waals surface area contributed by atoms with Gasteiger partial charge >= 0.3 is 0 Å². The van der Waals surface area contributed by atoms with Crippen molar-refractivity contribution in [2.45, 2.75) is 0 Å². The molecule has 16 heavy (non-hydrogen) atoms. The number of hydrogen-bond acceptors (Lipinski definition) is 4. The van der Waals surface area contributed by atoms with Gasteiger partial charge in [0.05, 0.1) is 0 Å². The second-order valence-electron chi connectivity index (χ2n) is 3.85. The number of allylic oxidation sites excluding steroid dienone is 3. The van der Waals surface area contributed by atoms with Gasteiger partial charge in [0.15, 0.2) is 0 Å². The molecule has 0 bridgehead atoms. The Morgan fingerprint density at radius 3 is 2.50 bits per heavy atom. The Morgan fingerprint density at radius 2 is 1.88 bits per heavy atom. The highest BCUT2D eigenvalue weighted by molar-refractivity contribution is 6.46. The molecule has 0 amide bonds. The van der Waals surface area contributed by atoms with E-state index in [1.54, 1.807) is 6.08 Å². The Hall–Kier alpha value is -1.68. The van der Waals surface area contributed by atoms with E-state index in [1.807, 2.05) is 0 Å². The smallest absolute Gasteiger partial charge is 0.226 e. The highest BCUT2D eigenvalue weighted by Crippen LogP contribution is 2.18. The van der Waals surface area contributed by atoms with Crippen molar-refractivity contribution in [3.63, 3.8) is 0 Å². The lowest BCUT2D eigenvalue weighted by atomic mass is 10.0. The van der Waals surface area contributed by atoms with E-state index in [2.05, 4.69) is 16.8 Å². The molecule has 0 atom stereocenters. The molecular weight excluding hydrogens is 204 g/mol. The van der Waals surface area contributed by atoms with E-state index in [0.717, 1.165) is 37.4 Å². The number of piperazine rings is 1. The van der Waals surface area contributed by atoms with Crippen LogP contribution in [0.25, 0.3) is 0 Å². The summed E-state index contributed by atoms with van der Waals surface area (Å²) in [5, 5.41) is 3.25. The van der Waals surface area contributed by atoms with Crippen molar-refractivity contribution in [2.24, 2.45) is 0 Å². The summed E-state index contributed by atoms with van der Waals surface area (Å²) in [6.45, 7) is 7.58. The minimum absolute atomic E-state index is 0.461. The first kappa shape index (κ1) is 10.8. The quantitative estimate of drug-likeness (QED) is 0.525. The Kier molecular flexibility index (Phi) is 3.01. The van der Waals surface area contributed by atoms with Gasteiger partial charge < -0.3 is 10.2 Å². The molecule has 0 aromatic rings. The highest BCUT2D eigenvalue weighted by Gasteiger charge is 2.18. The number of rotatable bonds is 2. The topological polar surface area (TPSA) is 49.4 Å². The van der Waals surface area contributed by atoms with Gasteiger partial charge in [0.2, 0.25) is 11.6 Å². The van der Waals surface area contributed by atoms with Crippen LogP contribution in [-0.4, -0.2) is 42.6 Å². The summed E-state index contributed by atoms with van der Waals surface area (Å²) in [5.41, 5.74) is 1.56. The van der Waals surface area contributed by atoms with Gasteiger partial charge in [-0.3, -0.25) is 9.59 Å². The van der Waals surface area contributed by atoms with Gasteiger partial charge in [0.25, 0.3) is 0 Å². The lowest BCUT2D eigenvalue weighted by Crippen LogP contribution is -2.43. The molecular formula is C12H14N2O2. The predicted octanol–water partition coefficient (Wildman–Crippen LogP) is 0.0397. The van der Waals surface area contributed by atoms with Crippen LogP contribution >= 0.6 is 0 Å². The van der Waals surface area contributed by atoms with Gasteiger partial charge in [-0.1, -0.05) is 6.58 Å². The molecule has 0 saturated carbocycles. The molecule has 1 N–H and O–H groups in total. The van der Waals surface area contributed by atoms with Gasteiger partial charge in [-0.15, -0.1) is 0 Å². The van der Waals surface area contributed by atoms with Gasteiger partial charge in [-0.05, 0) is 18.2 Å². The first-order chi connectivity index (χ1) is 7.68. The molecule has 0 radical (unpaired) electrons. The fourth-order valence-corrected chi connectivity index (χ4v) is 1.80. The molecule has 1 aliphatic carbocycles. The summed E-state index contributed by atoms with van der Waals surface area (Å²) in [4.78, 5) is 24.4. The van der Waals surface area contributed by atoms with Crippen molar-refractivity contribution >= 4 is 11.6 Å². The zero-order chi connectivity index (χ0) is 11.5. The summed E-state index contributed by atoms with van der Waals surface area (Å²) >= 11 is 0. The zero-order valence-corrected chi connectivity index (χ0v) is 9.03. The molecule has 2 aliphatic rings. The molecule has 1 aliphatic heterocycles. The number of ketones is 2. The highest BCUT2D eigenvalue weighted by atomic mass is 16.2. The van der Waals surface area contributed by atoms with Crippen LogP contribution in [0.1, 0.15) is 0 Å². The molecule has 0 unspecified atom stereocenters. The monoisotopic (exact) mass is 218 g/mol. The van der Waals surface area contributed by atoms with Crippen molar-refractivity contribution < 1.29 is 9.59 Å². The van der Waals surface area contributed by atoms with Crippen LogP contribution in [0.15, 0.2) is 36.1 Å². The normalized spacial score (nSPS) is 21.0. The second kappa shape index (κ2) is 4.45. The van der Waals surface area contributed by atoms with E-state index < -0.39 is 11.6 Å². The molecule has 0 aromatic heterocycles. The maximum absolute atomic E-state index is 11.2. The van der Waals surface area contributed by atoms with Crippen LogP contribution in [0.5, 0.6) is 0 Å². The van der Waals surface area contributed by atoms with Crippen LogP contribution in [0, 0.1) is 0 Å². The maximum atomic E-state index is 11.2. The summed E-state index contributed by atoms with van der Waals surface area (Å²) in [6, 6.07) is 0. The average Bonchev–Trinajstić information content (AvgIpc) is 2.33. The minimum atomic E-state index is -0.464. The standard InChI is InChI=1S/C12H14N2O2/c1-9(14-6-4-13-5-7-14)10-2-3-11(15)12(16)8-10/h2-3,8,13H,1,4-7H2. The minimum Gasteiger partial charge on any atom is -0.369 e. The van der Waals surface area contributed by atoms with Crippen LogP contribution in [0.3, 0.4) is 0 Å². The van der Waals surface area contributed by atoms with E-state index in [0.29, 0.717) is 0 Å². The molecule has 4 heteroatoms. The summed E-state index contributed by atoms with van der Waals surface area (Å²) in [5.74, 6) is -0.925. The average molecular weight is 218 g/mol. The number of nitrogens with zero attached hydrogens (tertiary/aromatic N) is 1.